The molecule has 12 rings (SSSR count). The number of anilines is 3. The summed E-state index contributed by atoms with van der Waals surface area (Å²) in [6, 6.07) is 85.5. The number of rotatable bonds is 7. The minimum atomic E-state index is 0.895. The molecule has 0 aliphatic rings. The Morgan fingerprint density at radius 2 is 0.839 bits per heavy atom. The lowest BCUT2D eigenvalue weighted by atomic mass is 9.92. The predicted octanol–water partition coefficient (Wildman–Crippen LogP) is 17.2. The molecule has 0 aliphatic carbocycles. The summed E-state index contributed by atoms with van der Waals surface area (Å²) < 4.78 is 6.63. The van der Waals surface area contributed by atoms with E-state index in [-0.39, 0.29) is 0 Å². The third-order valence-electron chi connectivity index (χ3n) is 12.5. The first-order valence-corrected chi connectivity index (χ1v) is 21.2. The number of furan rings is 1. The second kappa shape index (κ2) is 14.8. The van der Waals surface area contributed by atoms with Gasteiger partial charge in [0.1, 0.15) is 11.2 Å². The van der Waals surface area contributed by atoms with Gasteiger partial charge in [-0.25, -0.2) is 0 Å². The van der Waals surface area contributed by atoms with E-state index >= 15 is 0 Å². The lowest BCUT2D eigenvalue weighted by molar-refractivity contribution is 0.672. The Morgan fingerprint density at radius 1 is 0.274 bits per heavy atom. The lowest BCUT2D eigenvalue weighted by Gasteiger charge is -2.29. The van der Waals surface area contributed by atoms with E-state index in [1.54, 1.807) is 0 Å². The summed E-state index contributed by atoms with van der Waals surface area (Å²) in [6.07, 6.45) is 0. The van der Waals surface area contributed by atoms with Crippen LogP contribution < -0.4 is 4.90 Å². The maximum atomic E-state index is 6.63. The molecule has 0 aliphatic heterocycles. The third-order valence-corrected chi connectivity index (χ3v) is 12.5. The van der Waals surface area contributed by atoms with Crippen LogP contribution in [0.1, 0.15) is 0 Å². The fraction of sp³-hybridized carbons (Fsp3) is 0. The largest absolute Gasteiger partial charge is 0.455 e. The Balaban J connectivity index is 1.06. The summed E-state index contributed by atoms with van der Waals surface area (Å²) in [7, 11) is 0. The minimum absolute atomic E-state index is 0.895. The molecule has 290 valence electrons. The molecule has 1 aromatic heterocycles. The van der Waals surface area contributed by atoms with Crippen molar-refractivity contribution in [1.29, 1.82) is 0 Å². The number of hydrogen-bond donors (Lipinski definition) is 0. The summed E-state index contributed by atoms with van der Waals surface area (Å²) in [4.78, 5) is 2.42. The first-order valence-electron chi connectivity index (χ1n) is 21.2. The smallest absolute Gasteiger partial charge is 0.143 e. The molecule has 0 spiro atoms. The van der Waals surface area contributed by atoms with Gasteiger partial charge in [0.15, 0.2) is 0 Å². The Hall–Kier alpha value is -8.20. The molecule has 0 radical (unpaired) electrons. The summed E-state index contributed by atoms with van der Waals surface area (Å²) in [5.74, 6) is 0. The van der Waals surface area contributed by atoms with E-state index in [1.165, 1.54) is 54.9 Å². The van der Waals surface area contributed by atoms with Gasteiger partial charge in [-0.2, -0.15) is 0 Å². The van der Waals surface area contributed by atoms with E-state index in [9.17, 15) is 0 Å². The Bertz CT molecular complexity index is 3620. The molecule has 0 bridgehead atoms. The van der Waals surface area contributed by atoms with Crippen molar-refractivity contribution in [2.24, 2.45) is 0 Å². The third kappa shape index (κ3) is 6.04. The summed E-state index contributed by atoms with van der Waals surface area (Å²) in [5.41, 5.74) is 14.4. The molecule has 0 saturated heterocycles. The van der Waals surface area contributed by atoms with Gasteiger partial charge < -0.3 is 9.32 Å². The number of hydrogen-bond acceptors (Lipinski definition) is 2. The minimum Gasteiger partial charge on any atom is -0.455 e. The molecule has 0 N–H and O–H groups in total. The Kier molecular flexibility index (Phi) is 8.53. The second-order valence-electron chi connectivity index (χ2n) is 16.0. The van der Waals surface area contributed by atoms with Crippen LogP contribution in [0.4, 0.5) is 17.1 Å². The molecule has 0 atom stereocenters. The molecular weight excluding hydrogens is 751 g/mol. The highest BCUT2D eigenvalue weighted by Gasteiger charge is 2.21. The van der Waals surface area contributed by atoms with Gasteiger partial charge in [-0.15, -0.1) is 0 Å². The molecule has 62 heavy (non-hydrogen) atoms. The van der Waals surface area contributed by atoms with Crippen molar-refractivity contribution in [2.75, 3.05) is 4.90 Å². The van der Waals surface area contributed by atoms with Gasteiger partial charge in [-0.1, -0.05) is 188 Å². The van der Waals surface area contributed by atoms with Gasteiger partial charge in [0.25, 0.3) is 0 Å². The molecule has 0 amide bonds. The van der Waals surface area contributed by atoms with Crippen molar-refractivity contribution in [3.63, 3.8) is 0 Å². The van der Waals surface area contributed by atoms with Crippen LogP contribution in [-0.4, -0.2) is 0 Å². The molecule has 2 nitrogen and oxygen atoms in total. The number of benzene rings is 11. The standard InChI is InChI=1S/C60H39NO/c1-3-15-40(16-4-1)49-36-34-47(38-56(49)41-17-5-2-6-18-41)61(46-33-31-44-32-35-54-53-24-12-14-26-59(53)62-60(54)57(44)39-46)58-25-13-11-21-50(58)42-27-29-43(30-28-42)55-37-45-19-7-8-20-48(45)51-22-9-10-23-52(51)55/h1-39H. The monoisotopic (exact) mass is 789 g/mol. The number of fused-ring (bicyclic) bond motifs is 8. The zero-order valence-corrected chi connectivity index (χ0v) is 33.9. The topological polar surface area (TPSA) is 16.4 Å². The van der Waals surface area contributed by atoms with Gasteiger partial charge in [0.05, 0.1) is 5.69 Å². The van der Waals surface area contributed by atoms with E-state index in [4.69, 9.17) is 4.42 Å². The first-order chi connectivity index (χ1) is 30.7. The molecular formula is C60H39NO. The highest BCUT2D eigenvalue weighted by molar-refractivity contribution is 6.16. The zero-order chi connectivity index (χ0) is 41.0. The Morgan fingerprint density at radius 3 is 1.63 bits per heavy atom. The van der Waals surface area contributed by atoms with E-state index in [0.29, 0.717) is 0 Å². The van der Waals surface area contributed by atoms with Gasteiger partial charge in [0, 0.05) is 33.1 Å². The SMILES string of the molecule is c1ccc(-c2ccc(N(c3ccc4ccc5c6ccccc6oc5c4c3)c3ccccc3-c3ccc(-c4cc5ccccc5c5ccccc45)cc3)cc2-c2ccccc2)cc1. The average Bonchev–Trinajstić information content (AvgIpc) is 3.74. The summed E-state index contributed by atoms with van der Waals surface area (Å²) in [6.45, 7) is 0. The van der Waals surface area contributed by atoms with Crippen LogP contribution in [0.5, 0.6) is 0 Å². The van der Waals surface area contributed by atoms with Crippen LogP contribution in [-0.2, 0) is 0 Å². The van der Waals surface area contributed by atoms with Crippen molar-refractivity contribution >= 4 is 71.3 Å². The molecule has 0 fully saturated rings. The van der Waals surface area contributed by atoms with Gasteiger partial charge in [0.2, 0.25) is 0 Å². The fourth-order valence-corrected chi connectivity index (χ4v) is 9.49. The lowest BCUT2D eigenvalue weighted by Crippen LogP contribution is -2.11. The second-order valence-corrected chi connectivity index (χ2v) is 16.0. The molecule has 12 aromatic rings. The van der Waals surface area contributed by atoms with Gasteiger partial charge in [-0.05, 0) is 114 Å². The van der Waals surface area contributed by atoms with Crippen LogP contribution in [0.25, 0.3) is 98.8 Å². The zero-order valence-electron chi connectivity index (χ0n) is 33.9. The van der Waals surface area contributed by atoms with E-state index in [1.807, 2.05) is 6.07 Å². The van der Waals surface area contributed by atoms with Crippen molar-refractivity contribution in [1.82, 2.24) is 0 Å². The molecule has 1 heterocycles. The maximum Gasteiger partial charge on any atom is 0.143 e. The van der Waals surface area contributed by atoms with Crippen molar-refractivity contribution in [2.45, 2.75) is 0 Å². The first kappa shape index (κ1) is 35.7. The van der Waals surface area contributed by atoms with Crippen LogP contribution in [0, 0.1) is 0 Å². The predicted molar refractivity (Wildman–Crippen MR) is 263 cm³/mol. The van der Waals surface area contributed by atoms with Crippen molar-refractivity contribution in [3.8, 4) is 44.5 Å². The molecule has 0 saturated carbocycles. The fourth-order valence-electron chi connectivity index (χ4n) is 9.49. The highest BCUT2D eigenvalue weighted by atomic mass is 16.3. The number of para-hydroxylation sites is 2. The van der Waals surface area contributed by atoms with Crippen LogP contribution in [0.15, 0.2) is 241 Å². The maximum absolute atomic E-state index is 6.63. The van der Waals surface area contributed by atoms with Crippen molar-refractivity contribution in [3.05, 3.63) is 237 Å². The van der Waals surface area contributed by atoms with E-state index in [2.05, 4.69) is 235 Å². The van der Waals surface area contributed by atoms with E-state index in [0.717, 1.165) is 60.9 Å². The highest BCUT2D eigenvalue weighted by Crippen LogP contribution is 2.46. The summed E-state index contributed by atoms with van der Waals surface area (Å²) >= 11 is 0. The van der Waals surface area contributed by atoms with Gasteiger partial charge >= 0.3 is 0 Å². The van der Waals surface area contributed by atoms with Crippen LogP contribution in [0.2, 0.25) is 0 Å². The Labute approximate surface area is 360 Å². The summed E-state index contributed by atoms with van der Waals surface area (Å²) in [5, 5.41) is 9.51. The number of nitrogens with zero attached hydrogens (tertiary/aromatic N) is 1. The van der Waals surface area contributed by atoms with E-state index < -0.39 is 0 Å². The van der Waals surface area contributed by atoms with Crippen LogP contribution >= 0.6 is 0 Å². The average molecular weight is 790 g/mol. The quantitative estimate of drug-likeness (QED) is 0.150. The van der Waals surface area contributed by atoms with Crippen LogP contribution in [0.3, 0.4) is 0 Å². The normalized spacial score (nSPS) is 11.5. The molecule has 2 heteroatoms. The molecule has 0 unspecified atom stereocenters. The van der Waals surface area contributed by atoms with Crippen molar-refractivity contribution < 1.29 is 4.42 Å². The molecule has 11 aromatic carbocycles. The van der Waals surface area contributed by atoms with Gasteiger partial charge in [-0.3, -0.25) is 0 Å².